The molecule has 5 heteroatoms. The minimum Gasteiger partial charge on any atom is -0.352 e. The summed E-state index contributed by atoms with van der Waals surface area (Å²) in [6.45, 7) is 0.463. The highest BCUT2D eigenvalue weighted by molar-refractivity contribution is 5.94. The van der Waals surface area contributed by atoms with Gasteiger partial charge in [0.05, 0.1) is 7.11 Å². The Morgan fingerprint density at radius 2 is 1.94 bits per heavy atom. The molecular formula is C12H16N2O3. The fraction of sp³-hybridized carbons (Fsp3) is 0.333. The molecule has 0 aliphatic carbocycles. The van der Waals surface area contributed by atoms with Gasteiger partial charge in [0, 0.05) is 18.5 Å². The van der Waals surface area contributed by atoms with Crippen LogP contribution in [0.15, 0.2) is 30.3 Å². The third-order valence-electron chi connectivity index (χ3n) is 2.12. The standard InChI is InChI=1S/C12H16N2O3/c1-17-14-11(15)8-5-9-13-12(16)10-6-3-2-4-7-10/h2-4,6-7H,5,8-9H2,1H3,(H,13,16)(H,14,15). The maximum absolute atomic E-state index is 11.6. The Morgan fingerprint density at radius 3 is 2.59 bits per heavy atom. The van der Waals surface area contributed by atoms with Gasteiger partial charge in [-0.15, -0.1) is 0 Å². The Bertz CT molecular complexity index is 365. The van der Waals surface area contributed by atoms with Crippen molar-refractivity contribution in [3.8, 4) is 0 Å². The molecule has 0 heterocycles. The first-order valence-electron chi connectivity index (χ1n) is 5.39. The average molecular weight is 236 g/mol. The van der Waals surface area contributed by atoms with Crippen molar-refractivity contribution < 1.29 is 14.4 Å². The van der Waals surface area contributed by atoms with Crippen molar-refractivity contribution in [1.82, 2.24) is 10.8 Å². The Hall–Kier alpha value is -1.88. The second-order valence-corrected chi connectivity index (χ2v) is 3.45. The van der Waals surface area contributed by atoms with Gasteiger partial charge in [0.2, 0.25) is 5.91 Å². The van der Waals surface area contributed by atoms with E-state index in [2.05, 4.69) is 15.6 Å². The number of hydrogen-bond acceptors (Lipinski definition) is 3. The number of benzene rings is 1. The van der Waals surface area contributed by atoms with E-state index in [1.54, 1.807) is 24.3 Å². The van der Waals surface area contributed by atoms with E-state index in [0.29, 0.717) is 24.9 Å². The minimum absolute atomic E-state index is 0.127. The number of nitrogens with one attached hydrogen (secondary N) is 2. The molecular weight excluding hydrogens is 220 g/mol. The summed E-state index contributed by atoms with van der Waals surface area (Å²) in [5.74, 6) is -0.320. The molecule has 1 aromatic carbocycles. The van der Waals surface area contributed by atoms with Gasteiger partial charge in [-0.05, 0) is 18.6 Å². The number of hydroxylamine groups is 1. The summed E-state index contributed by atoms with van der Waals surface area (Å²) in [7, 11) is 1.38. The molecule has 2 N–H and O–H groups in total. The first-order chi connectivity index (χ1) is 8.24. The van der Waals surface area contributed by atoms with E-state index in [9.17, 15) is 9.59 Å². The van der Waals surface area contributed by atoms with Crippen LogP contribution in [-0.4, -0.2) is 25.5 Å². The molecule has 0 spiro atoms. The highest BCUT2D eigenvalue weighted by Gasteiger charge is 2.04. The lowest BCUT2D eigenvalue weighted by Gasteiger charge is -2.05. The summed E-state index contributed by atoms with van der Waals surface area (Å²) >= 11 is 0. The SMILES string of the molecule is CONC(=O)CCCNC(=O)c1ccccc1. The zero-order valence-electron chi connectivity index (χ0n) is 9.73. The van der Waals surface area contributed by atoms with Gasteiger partial charge in [-0.1, -0.05) is 18.2 Å². The van der Waals surface area contributed by atoms with E-state index in [4.69, 9.17) is 0 Å². The molecule has 92 valence electrons. The number of rotatable bonds is 6. The Kier molecular flexibility index (Phi) is 5.74. The van der Waals surface area contributed by atoms with Crippen molar-refractivity contribution in [3.05, 3.63) is 35.9 Å². The molecule has 0 saturated heterocycles. The quantitative estimate of drug-likeness (QED) is 0.569. The van der Waals surface area contributed by atoms with E-state index >= 15 is 0 Å². The summed E-state index contributed by atoms with van der Waals surface area (Å²) in [5, 5.41) is 2.74. The molecule has 0 aromatic heterocycles. The molecule has 1 aromatic rings. The predicted octanol–water partition coefficient (Wildman–Crippen LogP) is 0.874. The molecule has 0 saturated carbocycles. The lowest BCUT2D eigenvalue weighted by atomic mass is 10.2. The van der Waals surface area contributed by atoms with Crippen LogP contribution in [-0.2, 0) is 9.63 Å². The fourth-order valence-corrected chi connectivity index (χ4v) is 1.31. The van der Waals surface area contributed by atoms with E-state index in [0.717, 1.165) is 0 Å². The molecule has 17 heavy (non-hydrogen) atoms. The highest BCUT2D eigenvalue weighted by atomic mass is 16.6. The molecule has 0 fully saturated rings. The van der Waals surface area contributed by atoms with Crippen LogP contribution in [0.1, 0.15) is 23.2 Å². The normalized spacial score (nSPS) is 9.71. The van der Waals surface area contributed by atoms with Crippen LogP contribution in [0.5, 0.6) is 0 Å². The molecule has 0 unspecified atom stereocenters. The van der Waals surface area contributed by atoms with Crippen LogP contribution in [0.4, 0.5) is 0 Å². The van der Waals surface area contributed by atoms with Gasteiger partial charge in [-0.3, -0.25) is 14.4 Å². The van der Waals surface area contributed by atoms with Crippen molar-refractivity contribution in [3.63, 3.8) is 0 Å². The average Bonchev–Trinajstić information content (AvgIpc) is 2.36. The Morgan fingerprint density at radius 1 is 1.24 bits per heavy atom. The first kappa shape index (κ1) is 13.2. The predicted molar refractivity (Wildman–Crippen MR) is 63.2 cm³/mol. The monoisotopic (exact) mass is 236 g/mol. The number of amides is 2. The summed E-state index contributed by atoms with van der Waals surface area (Å²) in [5.41, 5.74) is 2.83. The Balaban J connectivity index is 2.19. The summed E-state index contributed by atoms with van der Waals surface area (Å²) in [6.07, 6.45) is 0.899. The van der Waals surface area contributed by atoms with E-state index in [1.807, 2.05) is 6.07 Å². The maximum Gasteiger partial charge on any atom is 0.251 e. The largest absolute Gasteiger partial charge is 0.352 e. The molecule has 0 aliphatic rings. The van der Waals surface area contributed by atoms with Crippen molar-refractivity contribution in [1.29, 1.82) is 0 Å². The molecule has 0 aliphatic heterocycles. The topological polar surface area (TPSA) is 67.4 Å². The molecule has 1 rings (SSSR count). The summed E-state index contributed by atoms with van der Waals surface area (Å²) in [4.78, 5) is 27.1. The van der Waals surface area contributed by atoms with Gasteiger partial charge in [-0.2, -0.15) is 0 Å². The fourth-order valence-electron chi connectivity index (χ4n) is 1.31. The van der Waals surface area contributed by atoms with Crippen molar-refractivity contribution in [2.75, 3.05) is 13.7 Å². The van der Waals surface area contributed by atoms with Crippen molar-refractivity contribution >= 4 is 11.8 Å². The van der Waals surface area contributed by atoms with Crippen LogP contribution in [0.25, 0.3) is 0 Å². The summed E-state index contributed by atoms with van der Waals surface area (Å²) < 4.78 is 0. The second kappa shape index (κ2) is 7.40. The van der Waals surface area contributed by atoms with Crippen LogP contribution in [0.3, 0.4) is 0 Å². The van der Waals surface area contributed by atoms with Gasteiger partial charge < -0.3 is 5.32 Å². The van der Waals surface area contributed by atoms with Crippen LogP contribution in [0.2, 0.25) is 0 Å². The third kappa shape index (κ3) is 5.12. The molecule has 0 bridgehead atoms. The number of carbonyl (C=O) groups excluding carboxylic acids is 2. The van der Waals surface area contributed by atoms with Crippen LogP contribution in [0, 0.1) is 0 Å². The molecule has 0 atom stereocenters. The van der Waals surface area contributed by atoms with Crippen LogP contribution >= 0.6 is 0 Å². The van der Waals surface area contributed by atoms with E-state index in [-0.39, 0.29) is 11.8 Å². The van der Waals surface area contributed by atoms with Gasteiger partial charge in [0.25, 0.3) is 5.91 Å². The van der Waals surface area contributed by atoms with E-state index < -0.39 is 0 Å². The minimum atomic E-state index is -0.193. The van der Waals surface area contributed by atoms with Gasteiger partial charge >= 0.3 is 0 Å². The van der Waals surface area contributed by atoms with Crippen molar-refractivity contribution in [2.45, 2.75) is 12.8 Å². The Labute approximate surface area is 100 Å². The highest BCUT2D eigenvalue weighted by Crippen LogP contribution is 1.98. The molecule has 0 radical (unpaired) electrons. The molecule has 2 amide bonds. The zero-order valence-corrected chi connectivity index (χ0v) is 9.73. The second-order valence-electron chi connectivity index (χ2n) is 3.45. The molecule has 5 nitrogen and oxygen atoms in total. The number of carbonyl (C=O) groups is 2. The lowest BCUT2D eigenvalue weighted by molar-refractivity contribution is -0.131. The van der Waals surface area contributed by atoms with Crippen molar-refractivity contribution in [2.24, 2.45) is 0 Å². The lowest BCUT2D eigenvalue weighted by Crippen LogP contribution is -2.27. The van der Waals surface area contributed by atoms with Gasteiger partial charge in [-0.25, -0.2) is 5.48 Å². The van der Waals surface area contributed by atoms with Crippen LogP contribution < -0.4 is 10.8 Å². The van der Waals surface area contributed by atoms with Gasteiger partial charge in [0.1, 0.15) is 0 Å². The smallest absolute Gasteiger partial charge is 0.251 e. The van der Waals surface area contributed by atoms with Gasteiger partial charge in [0.15, 0.2) is 0 Å². The third-order valence-corrected chi connectivity index (χ3v) is 2.12. The number of hydrogen-bond donors (Lipinski definition) is 2. The first-order valence-corrected chi connectivity index (χ1v) is 5.39. The maximum atomic E-state index is 11.6. The zero-order chi connectivity index (χ0) is 12.5. The van der Waals surface area contributed by atoms with E-state index in [1.165, 1.54) is 7.11 Å². The summed E-state index contributed by atoms with van der Waals surface area (Å²) in [6, 6.07) is 8.95.